The highest BCUT2D eigenvalue weighted by Crippen LogP contribution is 2.18. The molecule has 9 heteroatoms. The third-order valence-corrected chi connectivity index (χ3v) is 3.76. The fraction of sp³-hybridized carbons (Fsp3) is 0.364. The molecule has 31 heavy (non-hydrogen) atoms. The van der Waals surface area contributed by atoms with Gasteiger partial charge in [0.1, 0.15) is 24.7 Å². The maximum atomic E-state index is 10.2. The van der Waals surface area contributed by atoms with Gasteiger partial charge in [-0.3, -0.25) is 0 Å². The summed E-state index contributed by atoms with van der Waals surface area (Å²) in [7, 11) is 0. The van der Waals surface area contributed by atoms with E-state index in [4.69, 9.17) is 23.7 Å². The molecule has 0 aliphatic rings. The minimum absolute atomic E-state index is 0.409. The minimum atomic E-state index is 0.409. The van der Waals surface area contributed by atoms with Gasteiger partial charge >= 0.3 is 0 Å². The third-order valence-electron chi connectivity index (χ3n) is 3.76. The van der Waals surface area contributed by atoms with E-state index in [2.05, 4.69) is 9.98 Å². The summed E-state index contributed by atoms with van der Waals surface area (Å²) in [6.07, 6.45) is 2.97. The Bertz CT molecular complexity index is 772. The second kappa shape index (κ2) is 15.5. The van der Waals surface area contributed by atoms with Crippen LogP contribution in [0.2, 0.25) is 0 Å². The van der Waals surface area contributed by atoms with Crippen LogP contribution in [0.5, 0.6) is 11.5 Å². The van der Waals surface area contributed by atoms with Gasteiger partial charge in [-0.15, -0.1) is 0 Å². The van der Waals surface area contributed by atoms with Crippen molar-refractivity contribution in [3.8, 4) is 11.5 Å². The third kappa shape index (κ3) is 10.9. The molecule has 0 saturated carbocycles. The molecule has 0 aliphatic heterocycles. The van der Waals surface area contributed by atoms with Crippen LogP contribution in [0, 0.1) is 0 Å². The Kier molecular flexibility index (Phi) is 12.0. The van der Waals surface area contributed by atoms with E-state index in [1.165, 1.54) is 12.2 Å². The van der Waals surface area contributed by atoms with Crippen LogP contribution in [0.3, 0.4) is 0 Å². The van der Waals surface area contributed by atoms with Gasteiger partial charge in [-0.2, -0.15) is 9.98 Å². The summed E-state index contributed by atoms with van der Waals surface area (Å²) >= 11 is 0. The monoisotopic (exact) mass is 428 g/mol. The first-order valence-electron chi connectivity index (χ1n) is 9.66. The van der Waals surface area contributed by atoms with Crippen molar-refractivity contribution in [2.75, 3.05) is 52.9 Å². The Morgan fingerprint density at radius 3 is 1.16 bits per heavy atom. The fourth-order valence-corrected chi connectivity index (χ4v) is 2.32. The fourth-order valence-electron chi connectivity index (χ4n) is 2.32. The first-order valence-corrected chi connectivity index (χ1v) is 9.66. The molecule has 2 aromatic rings. The Hall–Kier alpha value is -3.32. The van der Waals surface area contributed by atoms with Crippen LogP contribution in [-0.4, -0.2) is 65.0 Å². The highest BCUT2D eigenvalue weighted by Gasteiger charge is 1.97. The molecular formula is C22H24N2O7. The zero-order chi connectivity index (χ0) is 22.0. The summed E-state index contributed by atoms with van der Waals surface area (Å²) in [6, 6.07) is 13.6. The van der Waals surface area contributed by atoms with E-state index < -0.39 is 0 Å². The van der Waals surface area contributed by atoms with Crippen LogP contribution in [0.25, 0.3) is 0 Å². The number of hydrogen-bond acceptors (Lipinski definition) is 9. The number of ether oxygens (including phenoxy) is 5. The van der Waals surface area contributed by atoms with E-state index in [0.29, 0.717) is 75.7 Å². The number of isocyanates is 2. The Morgan fingerprint density at radius 1 is 0.516 bits per heavy atom. The number of benzene rings is 2. The van der Waals surface area contributed by atoms with Crippen molar-refractivity contribution in [1.29, 1.82) is 0 Å². The molecule has 0 spiro atoms. The highest BCUT2D eigenvalue weighted by molar-refractivity contribution is 5.50. The maximum absolute atomic E-state index is 10.2. The summed E-state index contributed by atoms with van der Waals surface area (Å²) in [6.45, 7) is 3.55. The maximum Gasteiger partial charge on any atom is 0.240 e. The normalized spacial score (nSPS) is 10.1. The molecule has 0 radical (unpaired) electrons. The smallest absolute Gasteiger partial charge is 0.240 e. The zero-order valence-electron chi connectivity index (χ0n) is 17.0. The van der Waals surface area contributed by atoms with Gasteiger partial charge in [-0.1, -0.05) is 0 Å². The lowest BCUT2D eigenvalue weighted by Crippen LogP contribution is -2.14. The van der Waals surface area contributed by atoms with Gasteiger partial charge in [-0.05, 0) is 48.5 Å². The number of aliphatic imine (C=N–C) groups is 2. The number of hydrogen-bond donors (Lipinski definition) is 0. The number of nitrogens with zero attached hydrogens (tertiary/aromatic N) is 2. The Labute approximate surface area is 180 Å². The van der Waals surface area contributed by atoms with Crippen LogP contribution in [0.15, 0.2) is 58.5 Å². The topological polar surface area (TPSA) is 105 Å². The van der Waals surface area contributed by atoms with Crippen LogP contribution in [0.1, 0.15) is 0 Å². The lowest BCUT2D eigenvalue weighted by Gasteiger charge is -2.09. The largest absolute Gasteiger partial charge is 0.491 e. The van der Waals surface area contributed by atoms with E-state index in [-0.39, 0.29) is 0 Å². The van der Waals surface area contributed by atoms with E-state index in [9.17, 15) is 9.59 Å². The summed E-state index contributed by atoms with van der Waals surface area (Å²) < 4.78 is 27.3. The van der Waals surface area contributed by atoms with Crippen LogP contribution in [0.4, 0.5) is 11.4 Å². The number of rotatable bonds is 16. The second-order valence-electron chi connectivity index (χ2n) is 5.93. The summed E-state index contributed by atoms with van der Waals surface area (Å²) in [5.41, 5.74) is 1.06. The van der Waals surface area contributed by atoms with Crippen molar-refractivity contribution < 1.29 is 33.3 Å². The first kappa shape index (κ1) is 24.0. The van der Waals surface area contributed by atoms with Gasteiger partial charge in [-0.25, -0.2) is 9.59 Å². The lowest BCUT2D eigenvalue weighted by atomic mass is 10.3. The van der Waals surface area contributed by atoms with Crippen LogP contribution >= 0.6 is 0 Å². The van der Waals surface area contributed by atoms with E-state index in [1.54, 1.807) is 48.5 Å². The molecule has 0 heterocycles. The van der Waals surface area contributed by atoms with Crippen molar-refractivity contribution in [2.24, 2.45) is 9.98 Å². The van der Waals surface area contributed by atoms with Gasteiger partial charge < -0.3 is 23.7 Å². The van der Waals surface area contributed by atoms with E-state index in [0.717, 1.165) is 0 Å². The first-order chi connectivity index (χ1) is 15.3. The lowest BCUT2D eigenvalue weighted by molar-refractivity contribution is 0.00499. The van der Waals surface area contributed by atoms with Gasteiger partial charge in [0.15, 0.2) is 0 Å². The van der Waals surface area contributed by atoms with Crippen molar-refractivity contribution in [2.45, 2.75) is 0 Å². The molecule has 0 aromatic heterocycles. The average molecular weight is 428 g/mol. The van der Waals surface area contributed by atoms with Crippen molar-refractivity contribution in [3.63, 3.8) is 0 Å². The quantitative estimate of drug-likeness (QED) is 0.230. The standard InChI is InChI=1S/C22H24N2O7/c25-17-23-19-1-5-21(6-2-19)30-15-13-28-11-9-27-10-12-29-14-16-31-22-7-3-20(4-8-22)24-18-26/h1-8H,9-16H2. The molecule has 164 valence electrons. The minimum Gasteiger partial charge on any atom is -0.491 e. The van der Waals surface area contributed by atoms with Gasteiger partial charge in [0.25, 0.3) is 0 Å². The predicted molar refractivity (Wildman–Crippen MR) is 112 cm³/mol. The summed E-state index contributed by atoms with van der Waals surface area (Å²) in [4.78, 5) is 27.3. The molecule has 0 amide bonds. The molecule has 0 unspecified atom stereocenters. The molecule has 0 N–H and O–H groups in total. The van der Waals surface area contributed by atoms with Crippen LogP contribution in [-0.2, 0) is 23.8 Å². The molecule has 9 nitrogen and oxygen atoms in total. The molecule has 0 fully saturated rings. The molecule has 2 rings (SSSR count). The average Bonchev–Trinajstić information content (AvgIpc) is 2.79. The van der Waals surface area contributed by atoms with Crippen molar-refractivity contribution in [3.05, 3.63) is 48.5 Å². The predicted octanol–water partition coefficient (Wildman–Crippen LogP) is 3.13. The Balaban J connectivity index is 1.37. The van der Waals surface area contributed by atoms with Gasteiger partial charge in [0.05, 0.1) is 51.0 Å². The summed E-state index contributed by atoms with van der Waals surface area (Å²) in [5.74, 6) is 1.35. The SMILES string of the molecule is O=C=Nc1ccc(OCCOCCOCCOCCOc2ccc(N=C=O)cc2)cc1. The van der Waals surface area contributed by atoms with Crippen LogP contribution < -0.4 is 9.47 Å². The molecule has 0 bridgehead atoms. The van der Waals surface area contributed by atoms with E-state index >= 15 is 0 Å². The van der Waals surface area contributed by atoms with Crippen molar-refractivity contribution >= 4 is 23.5 Å². The molecule has 0 atom stereocenters. The molecule has 0 saturated heterocycles. The van der Waals surface area contributed by atoms with E-state index in [1.807, 2.05) is 0 Å². The number of carbonyl (C=O) groups excluding carboxylic acids is 2. The van der Waals surface area contributed by atoms with Gasteiger partial charge in [0, 0.05) is 0 Å². The molecular weight excluding hydrogens is 404 g/mol. The highest BCUT2D eigenvalue weighted by atomic mass is 16.6. The molecule has 0 aliphatic carbocycles. The Morgan fingerprint density at radius 2 is 0.839 bits per heavy atom. The second-order valence-corrected chi connectivity index (χ2v) is 5.93. The van der Waals surface area contributed by atoms with Crippen molar-refractivity contribution in [1.82, 2.24) is 0 Å². The zero-order valence-corrected chi connectivity index (χ0v) is 17.0. The summed E-state index contributed by atoms with van der Waals surface area (Å²) in [5, 5.41) is 0. The molecule has 2 aromatic carbocycles. The van der Waals surface area contributed by atoms with Gasteiger partial charge in [0.2, 0.25) is 12.2 Å².